The third kappa shape index (κ3) is 2.73. The summed E-state index contributed by atoms with van der Waals surface area (Å²) in [5, 5.41) is 7.77. The molecule has 0 aliphatic carbocycles. The van der Waals surface area contributed by atoms with Crippen molar-refractivity contribution in [3.05, 3.63) is 41.7 Å². The fourth-order valence-corrected chi connectivity index (χ4v) is 2.02. The third-order valence-electron chi connectivity index (χ3n) is 3.13. The third-order valence-corrected chi connectivity index (χ3v) is 3.13. The molecule has 5 nitrogen and oxygen atoms in total. The van der Waals surface area contributed by atoms with Gasteiger partial charge in [0.2, 0.25) is 0 Å². The van der Waals surface area contributed by atoms with Crippen LogP contribution in [-0.4, -0.2) is 26.8 Å². The van der Waals surface area contributed by atoms with E-state index in [1.165, 1.54) is 5.69 Å². The molecule has 1 unspecified atom stereocenters. The van der Waals surface area contributed by atoms with Crippen LogP contribution >= 0.6 is 0 Å². The van der Waals surface area contributed by atoms with E-state index in [-0.39, 0.29) is 6.04 Å². The SMILES string of the molecule is CCc1cc(CC(NC)c2cncnc2)n(C)n1. The molecule has 0 aromatic carbocycles. The van der Waals surface area contributed by atoms with E-state index >= 15 is 0 Å². The van der Waals surface area contributed by atoms with Gasteiger partial charge in [-0.1, -0.05) is 6.92 Å². The molecule has 18 heavy (non-hydrogen) atoms. The van der Waals surface area contributed by atoms with Gasteiger partial charge >= 0.3 is 0 Å². The molecule has 2 rings (SSSR count). The lowest BCUT2D eigenvalue weighted by Crippen LogP contribution is -2.20. The van der Waals surface area contributed by atoms with E-state index in [4.69, 9.17) is 0 Å². The molecule has 2 aromatic rings. The summed E-state index contributed by atoms with van der Waals surface area (Å²) < 4.78 is 1.95. The lowest BCUT2D eigenvalue weighted by molar-refractivity contribution is 0.557. The normalized spacial score (nSPS) is 12.6. The summed E-state index contributed by atoms with van der Waals surface area (Å²) in [6, 6.07) is 2.38. The molecule has 0 aliphatic heterocycles. The van der Waals surface area contributed by atoms with Crippen molar-refractivity contribution in [2.45, 2.75) is 25.8 Å². The standard InChI is InChI=1S/C13H19N5/c1-4-11-5-12(18(3)17-11)6-13(14-2)10-7-15-9-16-8-10/h5,7-9,13-14H,4,6H2,1-3H3. The predicted molar refractivity (Wildman–Crippen MR) is 70.1 cm³/mol. The highest BCUT2D eigenvalue weighted by Crippen LogP contribution is 2.17. The first-order valence-corrected chi connectivity index (χ1v) is 6.18. The maximum Gasteiger partial charge on any atom is 0.115 e. The van der Waals surface area contributed by atoms with Crippen molar-refractivity contribution < 1.29 is 0 Å². The zero-order valence-corrected chi connectivity index (χ0v) is 11.1. The number of likely N-dealkylation sites (N-methyl/N-ethyl adjacent to an activating group) is 1. The van der Waals surface area contributed by atoms with Gasteiger partial charge in [0.15, 0.2) is 0 Å². The summed E-state index contributed by atoms with van der Waals surface area (Å²) in [5.41, 5.74) is 3.45. The van der Waals surface area contributed by atoms with E-state index in [2.05, 4.69) is 33.4 Å². The van der Waals surface area contributed by atoms with E-state index in [0.717, 1.165) is 24.1 Å². The van der Waals surface area contributed by atoms with Gasteiger partial charge in [-0.3, -0.25) is 4.68 Å². The largest absolute Gasteiger partial charge is 0.313 e. The lowest BCUT2D eigenvalue weighted by atomic mass is 10.1. The monoisotopic (exact) mass is 245 g/mol. The molecular weight excluding hydrogens is 226 g/mol. The van der Waals surface area contributed by atoms with Crippen LogP contribution in [0.1, 0.15) is 29.9 Å². The van der Waals surface area contributed by atoms with Gasteiger partial charge in [-0.25, -0.2) is 9.97 Å². The van der Waals surface area contributed by atoms with E-state index in [1.807, 2.05) is 31.2 Å². The lowest BCUT2D eigenvalue weighted by Gasteiger charge is -2.15. The average Bonchev–Trinajstić information content (AvgIpc) is 2.77. The van der Waals surface area contributed by atoms with E-state index < -0.39 is 0 Å². The molecule has 96 valence electrons. The minimum Gasteiger partial charge on any atom is -0.313 e. The van der Waals surface area contributed by atoms with Crippen LogP contribution in [0, 0.1) is 0 Å². The van der Waals surface area contributed by atoms with E-state index in [1.54, 1.807) is 6.33 Å². The second-order valence-electron chi connectivity index (χ2n) is 4.32. The van der Waals surface area contributed by atoms with Crippen molar-refractivity contribution in [3.63, 3.8) is 0 Å². The van der Waals surface area contributed by atoms with Crippen molar-refractivity contribution in [2.75, 3.05) is 7.05 Å². The highest BCUT2D eigenvalue weighted by Gasteiger charge is 2.13. The molecule has 1 N–H and O–H groups in total. The minimum atomic E-state index is 0.214. The molecule has 0 fully saturated rings. The van der Waals surface area contributed by atoms with Crippen LogP contribution in [0.2, 0.25) is 0 Å². The Morgan fingerprint density at radius 2 is 2.06 bits per heavy atom. The molecule has 2 aromatic heterocycles. The van der Waals surface area contributed by atoms with Gasteiger partial charge in [-0.05, 0) is 19.5 Å². The molecule has 0 saturated carbocycles. The van der Waals surface area contributed by atoms with Crippen molar-refractivity contribution >= 4 is 0 Å². The first-order chi connectivity index (χ1) is 8.74. The Kier molecular flexibility index (Phi) is 4.04. The number of rotatable bonds is 5. The van der Waals surface area contributed by atoms with Gasteiger partial charge in [0.25, 0.3) is 0 Å². The molecule has 0 amide bonds. The fraction of sp³-hybridized carbons (Fsp3) is 0.462. The highest BCUT2D eigenvalue weighted by molar-refractivity contribution is 5.17. The minimum absolute atomic E-state index is 0.214. The molecule has 5 heteroatoms. The zero-order chi connectivity index (χ0) is 13.0. The van der Waals surface area contributed by atoms with Crippen LogP contribution in [0.25, 0.3) is 0 Å². The van der Waals surface area contributed by atoms with Crippen molar-refractivity contribution in [2.24, 2.45) is 7.05 Å². The second-order valence-corrected chi connectivity index (χ2v) is 4.32. The van der Waals surface area contributed by atoms with E-state index in [0.29, 0.717) is 0 Å². The summed E-state index contributed by atoms with van der Waals surface area (Å²) in [4.78, 5) is 8.13. The maximum absolute atomic E-state index is 4.47. The molecule has 0 spiro atoms. The van der Waals surface area contributed by atoms with Crippen LogP contribution in [-0.2, 0) is 19.9 Å². The van der Waals surface area contributed by atoms with Gasteiger partial charge in [0, 0.05) is 43.2 Å². The number of hydrogen-bond acceptors (Lipinski definition) is 4. The summed E-state index contributed by atoms with van der Waals surface area (Å²) in [6.45, 7) is 2.12. The average molecular weight is 245 g/mol. The summed E-state index contributed by atoms with van der Waals surface area (Å²) in [6.07, 6.45) is 7.10. The van der Waals surface area contributed by atoms with Gasteiger partial charge in [0.05, 0.1) is 5.69 Å². The van der Waals surface area contributed by atoms with Gasteiger partial charge in [0.1, 0.15) is 6.33 Å². The van der Waals surface area contributed by atoms with Crippen molar-refractivity contribution in [1.29, 1.82) is 0 Å². The summed E-state index contributed by atoms with van der Waals surface area (Å²) >= 11 is 0. The fourth-order valence-electron chi connectivity index (χ4n) is 2.02. The Labute approximate surface area is 107 Å². The molecule has 1 atom stereocenters. The second kappa shape index (κ2) is 5.73. The van der Waals surface area contributed by atoms with Crippen LogP contribution in [0.5, 0.6) is 0 Å². The van der Waals surface area contributed by atoms with Crippen LogP contribution in [0.15, 0.2) is 24.8 Å². The molecule has 2 heterocycles. The Morgan fingerprint density at radius 1 is 1.33 bits per heavy atom. The summed E-state index contributed by atoms with van der Waals surface area (Å²) in [7, 11) is 3.94. The zero-order valence-electron chi connectivity index (χ0n) is 11.1. The first kappa shape index (κ1) is 12.7. The highest BCUT2D eigenvalue weighted by atomic mass is 15.3. The predicted octanol–water partition coefficient (Wildman–Crippen LogP) is 1.28. The Morgan fingerprint density at radius 3 is 2.61 bits per heavy atom. The van der Waals surface area contributed by atoms with Crippen LogP contribution < -0.4 is 5.32 Å². The van der Waals surface area contributed by atoms with Crippen LogP contribution in [0.4, 0.5) is 0 Å². The van der Waals surface area contributed by atoms with Crippen LogP contribution in [0.3, 0.4) is 0 Å². The van der Waals surface area contributed by atoms with Gasteiger partial charge in [-0.15, -0.1) is 0 Å². The summed E-state index contributed by atoms with van der Waals surface area (Å²) in [5.74, 6) is 0. The number of nitrogens with zero attached hydrogens (tertiary/aromatic N) is 4. The number of nitrogens with one attached hydrogen (secondary N) is 1. The quantitative estimate of drug-likeness (QED) is 0.862. The molecule has 0 bridgehead atoms. The van der Waals surface area contributed by atoms with E-state index in [9.17, 15) is 0 Å². The van der Waals surface area contributed by atoms with Gasteiger partial charge < -0.3 is 5.32 Å². The van der Waals surface area contributed by atoms with Crippen molar-refractivity contribution in [3.8, 4) is 0 Å². The smallest absolute Gasteiger partial charge is 0.115 e. The molecule has 0 aliphatic rings. The first-order valence-electron chi connectivity index (χ1n) is 6.18. The number of aromatic nitrogens is 4. The Hall–Kier alpha value is -1.75. The molecule has 0 saturated heterocycles. The van der Waals surface area contributed by atoms with Crippen molar-refractivity contribution in [1.82, 2.24) is 25.1 Å². The molecule has 0 radical (unpaired) electrons. The van der Waals surface area contributed by atoms with Gasteiger partial charge in [-0.2, -0.15) is 5.10 Å². The number of hydrogen-bond donors (Lipinski definition) is 1. The number of aryl methyl sites for hydroxylation is 2. The molecular formula is C13H19N5. The topological polar surface area (TPSA) is 55.6 Å². The Bertz CT molecular complexity index is 491. The maximum atomic E-state index is 4.47. The Balaban J connectivity index is 2.18.